The smallest absolute Gasteiger partial charge is 0.331 e. The minimum atomic E-state index is -0.352. The molecule has 0 aromatic carbocycles. The van der Waals surface area contributed by atoms with Gasteiger partial charge in [0, 0.05) is 11.5 Å². The fourth-order valence-corrected chi connectivity index (χ4v) is 2.71. The molecule has 2 fully saturated rings. The van der Waals surface area contributed by atoms with Crippen LogP contribution < -0.4 is 5.32 Å². The van der Waals surface area contributed by atoms with Gasteiger partial charge in [-0.25, -0.2) is 4.79 Å². The van der Waals surface area contributed by atoms with Crippen LogP contribution in [0.3, 0.4) is 0 Å². The monoisotopic (exact) mass is 173 g/mol. The third-order valence-electron chi connectivity index (χ3n) is 1.97. The quantitative estimate of drug-likeness (QED) is 0.454. The first kappa shape index (κ1) is 6.90. The third kappa shape index (κ3) is 0.891. The molecule has 2 unspecified atom stereocenters. The zero-order valence-corrected chi connectivity index (χ0v) is 6.50. The number of nitrogens with zero attached hydrogens (tertiary/aromatic N) is 2. The Morgan fingerprint density at radius 1 is 1.64 bits per heavy atom. The molecule has 1 N–H and O–H groups in total. The Balaban J connectivity index is 2.19. The lowest BCUT2D eigenvalue weighted by atomic mass is 10.2. The molecule has 0 spiro atoms. The third-order valence-corrected chi connectivity index (χ3v) is 3.14. The molecule has 11 heavy (non-hydrogen) atoms. The number of urea groups is 1. The zero-order chi connectivity index (χ0) is 7.84. The van der Waals surface area contributed by atoms with Gasteiger partial charge in [0.25, 0.3) is 0 Å². The summed E-state index contributed by atoms with van der Waals surface area (Å²) in [4.78, 5) is 21.1. The van der Waals surface area contributed by atoms with Gasteiger partial charge in [-0.05, 0) is 0 Å². The van der Waals surface area contributed by atoms with Crippen molar-refractivity contribution >= 4 is 17.8 Å². The van der Waals surface area contributed by atoms with Crippen molar-refractivity contribution in [3.8, 4) is 0 Å². The highest BCUT2D eigenvalue weighted by molar-refractivity contribution is 7.99. The molecule has 2 aliphatic heterocycles. The van der Waals surface area contributed by atoms with Crippen molar-refractivity contribution in [2.24, 2.45) is 5.29 Å². The maximum Gasteiger partial charge on any atom is 0.341 e. The lowest BCUT2D eigenvalue weighted by Gasteiger charge is -2.09. The molecule has 0 saturated carbocycles. The Morgan fingerprint density at radius 3 is 3.18 bits per heavy atom. The number of fused-ring (bicyclic) bond motifs is 1. The number of amides is 2. The van der Waals surface area contributed by atoms with Crippen LogP contribution in [-0.2, 0) is 0 Å². The predicted octanol–water partition coefficient (Wildman–Crippen LogP) is 0.177. The van der Waals surface area contributed by atoms with E-state index < -0.39 is 0 Å². The normalized spacial score (nSPS) is 35.3. The molecule has 2 amide bonds. The fourth-order valence-electron chi connectivity index (χ4n) is 1.39. The van der Waals surface area contributed by atoms with Crippen LogP contribution in [0.4, 0.5) is 4.79 Å². The van der Waals surface area contributed by atoms with Gasteiger partial charge in [0.05, 0.1) is 17.4 Å². The van der Waals surface area contributed by atoms with E-state index >= 15 is 0 Å². The standard InChI is InChI=1S/C5H7N3O2S/c9-5-6-3-1-11-2-4(3)8(5)7-10/h3-4H,1-2H2,(H,6,9). The number of hydrogen-bond acceptors (Lipinski definition) is 4. The number of nitroso groups, excluding NO2 is 1. The predicted molar refractivity (Wildman–Crippen MR) is 41.1 cm³/mol. The Morgan fingerprint density at radius 2 is 2.45 bits per heavy atom. The molecule has 5 nitrogen and oxygen atoms in total. The van der Waals surface area contributed by atoms with E-state index in [0.29, 0.717) is 0 Å². The second kappa shape index (κ2) is 2.37. The molecule has 2 rings (SSSR count). The lowest BCUT2D eigenvalue weighted by molar-refractivity contribution is 0.209. The van der Waals surface area contributed by atoms with Gasteiger partial charge in [-0.1, -0.05) is 0 Å². The number of thioether (sulfide) groups is 1. The minimum Gasteiger partial charge on any atom is -0.331 e. The van der Waals surface area contributed by atoms with Gasteiger partial charge >= 0.3 is 6.03 Å². The summed E-state index contributed by atoms with van der Waals surface area (Å²) in [5.41, 5.74) is 0. The van der Waals surface area contributed by atoms with Crippen LogP contribution in [0.5, 0.6) is 0 Å². The Kier molecular flexibility index (Phi) is 1.49. The van der Waals surface area contributed by atoms with E-state index in [9.17, 15) is 9.70 Å². The summed E-state index contributed by atoms with van der Waals surface area (Å²) in [5.74, 6) is 1.71. The molecule has 0 radical (unpaired) electrons. The second-order valence-corrected chi connectivity index (χ2v) is 3.66. The first-order valence-corrected chi connectivity index (χ1v) is 4.49. The fraction of sp³-hybridized carbons (Fsp3) is 0.800. The van der Waals surface area contributed by atoms with Gasteiger partial charge in [-0.2, -0.15) is 16.8 Å². The summed E-state index contributed by atoms with van der Waals surface area (Å²) < 4.78 is 0. The van der Waals surface area contributed by atoms with Crippen molar-refractivity contribution in [2.75, 3.05) is 11.5 Å². The van der Waals surface area contributed by atoms with Crippen molar-refractivity contribution in [3.05, 3.63) is 4.91 Å². The number of carbonyl (C=O) groups excluding carboxylic acids is 1. The van der Waals surface area contributed by atoms with Crippen molar-refractivity contribution in [3.63, 3.8) is 0 Å². The Bertz CT molecular complexity index is 210. The summed E-state index contributed by atoms with van der Waals surface area (Å²) in [7, 11) is 0. The average Bonchev–Trinajstić information content (AvgIpc) is 2.46. The number of rotatable bonds is 1. The summed E-state index contributed by atoms with van der Waals surface area (Å²) in [6.45, 7) is 0. The molecule has 2 saturated heterocycles. The minimum absolute atomic E-state index is 0.00926. The van der Waals surface area contributed by atoms with Gasteiger partial charge < -0.3 is 5.32 Å². The van der Waals surface area contributed by atoms with E-state index in [1.54, 1.807) is 11.8 Å². The maximum absolute atomic E-state index is 10.9. The van der Waals surface area contributed by atoms with E-state index in [2.05, 4.69) is 10.6 Å². The first-order valence-electron chi connectivity index (χ1n) is 3.33. The molecule has 2 atom stereocenters. The van der Waals surface area contributed by atoms with Crippen molar-refractivity contribution in [1.82, 2.24) is 10.3 Å². The molecule has 0 aromatic heterocycles. The topological polar surface area (TPSA) is 61.8 Å². The average molecular weight is 173 g/mol. The van der Waals surface area contributed by atoms with Gasteiger partial charge in [0.1, 0.15) is 0 Å². The van der Waals surface area contributed by atoms with Gasteiger partial charge in [-0.3, -0.25) is 0 Å². The largest absolute Gasteiger partial charge is 0.341 e. The second-order valence-electron chi connectivity index (χ2n) is 2.59. The number of nitrogens with one attached hydrogen (secondary N) is 1. The molecule has 2 heterocycles. The molecule has 6 heteroatoms. The summed E-state index contributed by atoms with van der Waals surface area (Å²) in [6, 6.07) is -0.231. The summed E-state index contributed by atoms with van der Waals surface area (Å²) >= 11 is 1.73. The van der Waals surface area contributed by atoms with E-state index in [1.165, 1.54) is 0 Å². The molecule has 0 aliphatic carbocycles. The van der Waals surface area contributed by atoms with Crippen molar-refractivity contribution in [2.45, 2.75) is 12.1 Å². The Labute approximate surface area is 67.4 Å². The molecule has 0 aromatic rings. The zero-order valence-electron chi connectivity index (χ0n) is 5.69. The highest BCUT2D eigenvalue weighted by Crippen LogP contribution is 2.27. The van der Waals surface area contributed by atoms with Gasteiger partial charge in [0.2, 0.25) is 0 Å². The molecule has 0 bridgehead atoms. The highest BCUT2D eigenvalue weighted by atomic mass is 32.2. The molecular weight excluding hydrogens is 166 g/mol. The van der Waals surface area contributed by atoms with Crippen LogP contribution in [0.25, 0.3) is 0 Å². The Hall–Kier alpha value is -0.780. The molecule has 60 valence electrons. The highest BCUT2D eigenvalue weighted by Gasteiger charge is 2.43. The van der Waals surface area contributed by atoms with Crippen LogP contribution in [-0.4, -0.2) is 34.6 Å². The van der Waals surface area contributed by atoms with Crippen molar-refractivity contribution < 1.29 is 4.79 Å². The van der Waals surface area contributed by atoms with Gasteiger partial charge in [0.15, 0.2) is 0 Å². The van der Waals surface area contributed by atoms with E-state index in [-0.39, 0.29) is 18.1 Å². The van der Waals surface area contributed by atoms with Crippen LogP contribution >= 0.6 is 11.8 Å². The van der Waals surface area contributed by atoms with E-state index in [4.69, 9.17) is 0 Å². The van der Waals surface area contributed by atoms with Crippen molar-refractivity contribution in [1.29, 1.82) is 0 Å². The molecular formula is C5H7N3O2S. The van der Waals surface area contributed by atoms with Crippen LogP contribution in [0.15, 0.2) is 5.29 Å². The number of hydrogen-bond donors (Lipinski definition) is 1. The lowest BCUT2D eigenvalue weighted by Crippen LogP contribution is -2.31. The van der Waals surface area contributed by atoms with E-state index in [1.807, 2.05) is 0 Å². The summed E-state index contributed by atoms with van der Waals surface area (Å²) in [6.07, 6.45) is 0. The molecule has 2 aliphatic rings. The van der Waals surface area contributed by atoms with E-state index in [0.717, 1.165) is 16.5 Å². The maximum atomic E-state index is 10.9. The van der Waals surface area contributed by atoms with Gasteiger partial charge in [-0.15, -0.1) is 4.91 Å². The van der Waals surface area contributed by atoms with Crippen LogP contribution in [0, 0.1) is 4.91 Å². The van der Waals surface area contributed by atoms with Crippen LogP contribution in [0.2, 0.25) is 0 Å². The first-order chi connectivity index (χ1) is 5.33. The summed E-state index contributed by atoms with van der Waals surface area (Å²) in [5, 5.41) is 6.36. The number of carbonyl (C=O) groups is 1. The van der Waals surface area contributed by atoms with Crippen LogP contribution in [0.1, 0.15) is 0 Å². The SMILES string of the molecule is O=NN1C(=O)NC2CSCC21.